The van der Waals surface area contributed by atoms with Gasteiger partial charge in [-0.2, -0.15) is 0 Å². The van der Waals surface area contributed by atoms with E-state index in [-0.39, 0.29) is 11.4 Å². The van der Waals surface area contributed by atoms with Crippen LogP contribution in [0.3, 0.4) is 0 Å². The average molecular weight is 276 g/mol. The Morgan fingerprint density at radius 2 is 2.25 bits per heavy atom. The molecule has 4 nitrogen and oxygen atoms in total. The fourth-order valence-corrected chi connectivity index (χ4v) is 2.43. The summed E-state index contributed by atoms with van der Waals surface area (Å²) in [6.07, 6.45) is 0.972. The van der Waals surface area contributed by atoms with Crippen molar-refractivity contribution in [3.8, 4) is 0 Å². The van der Waals surface area contributed by atoms with Gasteiger partial charge >= 0.3 is 0 Å². The van der Waals surface area contributed by atoms with Crippen molar-refractivity contribution in [3.05, 3.63) is 29.8 Å². The van der Waals surface area contributed by atoms with Gasteiger partial charge in [0.05, 0.1) is 19.8 Å². The number of hydrogen-bond acceptors (Lipinski definition) is 3. The second-order valence-corrected chi connectivity index (χ2v) is 5.89. The van der Waals surface area contributed by atoms with E-state index >= 15 is 0 Å². The summed E-state index contributed by atoms with van der Waals surface area (Å²) in [4.78, 5) is 14.4. The molecule has 0 bridgehead atoms. The third kappa shape index (κ3) is 3.81. The average Bonchev–Trinajstić information content (AvgIpc) is 2.41. The van der Waals surface area contributed by atoms with Crippen LogP contribution in [0.2, 0.25) is 0 Å². The Bertz CT molecular complexity index is 471. The molecule has 0 unspecified atom stereocenters. The number of anilines is 1. The molecule has 1 fully saturated rings. The number of morpholine rings is 1. The van der Waals surface area contributed by atoms with Crippen LogP contribution in [-0.2, 0) is 16.0 Å². The molecule has 0 radical (unpaired) electrons. The molecule has 1 aliphatic rings. The highest BCUT2D eigenvalue weighted by Crippen LogP contribution is 2.19. The Balaban J connectivity index is 1.94. The minimum atomic E-state index is -0.0825. The Kier molecular flexibility index (Phi) is 4.78. The highest BCUT2D eigenvalue weighted by molar-refractivity contribution is 5.92. The van der Waals surface area contributed by atoms with E-state index in [0.29, 0.717) is 19.8 Å². The lowest BCUT2D eigenvalue weighted by molar-refractivity contribution is -0.122. The first-order chi connectivity index (χ1) is 9.51. The Morgan fingerprint density at radius 3 is 2.95 bits per heavy atom. The topological polar surface area (TPSA) is 41.6 Å². The molecule has 0 atom stereocenters. The predicted molar refractivity (Wildman–Crippen MR) is 80.9 cm³/mol. The molecule has 2 rings (SSSR count). The van der Waals surface area contributed by atoms with Gasteiger partial charge in [-0.05, 0) is 38.0 Å². The first-order valence-electron chi connectivity index (χ1n) is 7.23. The smallest absolute Gasteiger partial charge is 0.238 e. The van der Waals surface area contributed by atoms with Gasteiger partial charge in [-0.25, -0.2) is 0 Å². The molecule has 0 aromatic heterocycles. The molecular weight excluding hydrogens is 252 g/mol. The predicted octanol–water partition coefficient (Wildman–Crippen LogP) is 2.30. The number of hydrogen-bond donors (Lipinski definition) is 1. The summed E-state index contributed by atoms with van der Waals surface area (Å²) in [7, 11) is 0. The minimum absolute atomic E-state index is 0.0354. The van der Waals surface area contributed by atoms with Crippen LogP contribution in [0.1, 0.15) is 26.3 Å². The molecule has 1 amide bonds. The number of carbonyl (C=O) groups is 1. The number of rotatable bonds is 4. The van der Waals surface area contributed by atoms with E-state index in [1.165, 1.54) is 5.56 Å². The van der Waals surface area contributed by atoms with Crippen molar-refractivity contribution in [2.75, 3.05) is 31.6 Å². The lowest BCUT2D eigenvalue weighted by Gasteiger charge is -2.41. The highest BCUT2D eigenvalue weighted by atomic mass is 16.5. The van der Waals surface area contributed by atoms with E-state index in [1.54, 1.807) is 0 Å². The standard InChI is InChI=1S/C16H24N2O2/c1-4-13-6-5-7-14(10-13)17-15(19)11-18-8-9-20-12-16(18,2)3/h5-7,10H,4,8-9,11-12H2,1-3H3,(H,17,19). The van der Waals surface area contributed by atoms with Crippen molar-refractivity contribution in [3.63, 3.8) is 0 Å². The normalized spacial score (nSPS) is 18.8. The second-order valence-electron chi connectivity index (χ2n) is 5.89. The molecule has 1 aromatic carbocycles. The zero-order valence-electron chi connectivity index (χ0n) is 12.6. The fourth-order valence-electron chi connectivity index (χ4n) is 2.43. The van der Waals surface area contributed by atoms with Crippen molar-refractivity contribution < 1.29 is 9.53 Å². The molecule has 0 aliphatic carbocycles. The fraction of sp³-hybridized carbons (Fsp3) is 0.562. The molecule has 0 saturated carbocycles. The minimum Gasteiger partial charge on any atom is -0.378 e. The Morgan fingerprint density at radius 1 is 1.45 bits per heavy atom. The Hall–Kier alpha value is -1.39. The van der Waals surface area contributed by atoms with E-state index in [0.717, 1.165) is 18.7 Å². The summed E-state index contributed by atoms with van der Waals surface area (Å²) < 4.78 is 5.47. The third-order valence-corrected chi connectivity index (χ3v) is 3.77. The molecule has 110 valence electrons. The SMILES string of the molecule is CCc1cccc(NC(=O)CN2CCOCC2(C)C)c1. The van der Waals surface area contributed by atoms with Gasteiger partial charge in [-0.3, -0.25) is 9.69 Å². The van der Waals surface area contributed by atoms with Crippen molar-refractivity contribution in [2.45, 2.75) is 32.7 Å². The number of aryl methyl sites for hydroxylation is 1. The first kappa shape index (κ1) is 15.0. The van der Waals surface area contributed by atoms with Crippen molar-refractivity contribution in [2.24, 2.45) is 0 Å². The molecule has 0 spiro atoms. The summed E-state index contributed by atoms with van der Waals surface area (Å²) in [6.45, 7) is 8.90. The zero-order chi connectivity index (χ0) is 14.6. The summed E-state index contributed by atoms with van der Waals surface area (Å²) in [5, 5.41) is 2.98. The summed E-state index contributed by atoms with van der Waals surface area (Å²) in [5.74, 6) is 0.0354. The van der Waals surface area contributed by atoms with Gasteiger partial charge < -0.3 is 10.1 Å². The van der Waals surface area contributed by atoms with Gasteiger partial charge in [-0.1, -0.05) is 19.1 Å². The molecule has 1 aromatic rings. The number of carbonyl (C=O) groups excluding carboxylic acids is 1. The van der Waals surface area contributed by atoms with Gasteiger partial charge in [0.25, 0.3) is 0 Å². The van der Waals surface area contributed by atoms with Crippen molar-refractivity contribution >= 4 is 11.6 Å². The van der Waals surface area contributed by atoms with Gasteiger partial charge in [0.15, 0.2) is 0 Å². The van der Waals surface area contributed by atoms with Crippen LogP contribution in [0.25, 0.3) is 0 Å². The second kappa shape index (κ2) is 6.37. The van der Waals surface area contributed by atoms with E-state index in [2.05, 4.69) is 37.1 Å². The molecular formula is C16H24N2O2. The maximum Gasteiger partial charge on any atom is 0.238 e. The van der Waals surface area contributed by atoms with Crippen LogP contribution < -0.4 is 5.32 Å². The van der Waals surface area contributed by atoms with E-state index in [9.17, 15) is 4.79 Å². The molecule has 1 saturated heterocycles. The van der Waals surface area contributed by atoms with Crippen molar-refractivity contribution in [1.29, 1.82) is 0 Å². The lowest BCUT2D eigenvalue weighted by atomic mass is 10.0. The summed E-state index contributed by atoms with van der Waals surface area (Å²) in [6, 6.07) is 8.01. The van der Waals surface area contributed by atoms with Crippen LogP contribution in [0.5, 0.6) is 0 Å². The molecule has 1 heterocycles. The number of amides is 1. The Labute approximate surface area is 121 Å². The monoisotopic (exact) mass is 276 g/mol. The van der Waals surface area contributed by atoms with Gasteiger partial charge in [0.2, 0.25) is 5.91 Å². The summed E-state index contributed by atoms with van der Waals surface area (Å²) >= 11 is 0. The van der Waals surface area contributed by atoms with E-state index in [4.69, 9.17) is 4.74 Å². The van der Waals surface area contributed by atoms with Crippen LogP contribution >= 0.6 is 0 Å². The quantitative estimate of drug-likeness (QED) is 0.917. The summed E-state index contributed by atoms with van der Waals surface area (Å²) in [5.41, 5.74) is 2.02. The molecule has 4 heteroatoms. The number of nitrogens with zero attached hydrogens (tertiary/aromatic N) is 1. The first-order valence-corrected chi connectivity index (χ1v) is 7.23. The lowest BCUT2D eigenvalue weighted by Crippen LogP contribution is -2.55. The van der Waals surface area contributed by atoms with E-state index in [1.807, 2.05) is 18.2 Å². The van der Waals surface area contributed by atoms with Crippen LogP contribution in [-0.4, -0.2) is 42.6 Å². The zero-order valence-corrected chi connectivity index (χ0v) is 12.6. The molecule has 1 aliphatic heterocycles. The highest BCUT2D eigenvalue weighted by Gasteiger charge is 2.31. The van der Waals surface area contributed by atoms with Crippen molar-refractivity contribution in [1.82, 2.24) is 4.90 Å². The number of benzene rings is 1. The van der Waals surface area contributed by atoms with Crippen LogP contribution in [0, 0.1) is 0 Å². The number of nitrogens with one attached hydrogen (secondary N) is 1. The van der Waals surface area contributed by atoms with Gasteiger partial charge in [0.1, 0.15) is 0 Å². The third-order valence-electron chi connectivity index (χ3n) is 3.77. The maximum absolute atomic E-state index is 12.2. The molecule has 1 N–H and O–H groups in total. The maximum atomic E-state index is 12.2. The largest absolute Gasteiger partial charge is 0.378 e. The van der Waals surface area contributed by atoms with E-state index < -0.39 is 0 Å². The number of ether oxygens (including phenoxy) is 1. The van der Waals surface area contributed by atoms with Gasteiger partial charge in [-0.15, -0.1) is 0 Å². The molecule has 20 heavy (non-hydrogen) atoms. The van der Waals surface area contributed by atoms with Crippen LogP contribution in [0.4, 0.5) is 5.69 Å². The van der Waals surface area contributed by atoms with Crippen LogP contribution in [0.15, 0.2) is 24.3 Å². The van der Waals surface area contributed by atoms with Gasteiger partial charge in [0, 0.05) is 17.8 Å².